The molecule has 0 bridgehead atoms. The second-order valence-electron chi connectivity index (χ2n) is 7.33. The van der Waals surface area contributed by atoms with E-state index < -0.39 is 6.10 Å². The van der Waals surface area contributed by atoms with Gasteiger partial charge < -0.3 is 20.1 Å². The molecular formula is C19H32N2O2. The number of rotatable bonds is 6. The maximum atomic E-state index is 10.6. The average molecular weight is 320 g/mol. The molecule has 0 radical (unpaired) electrons. The Balaban J connectivity index is 2.05. The van der Waals surface area contributed by atoms with Gasteiger partial charge in [-0.3, -0.25) is 0 Å². The number of hydrogen-bond donors (Lipinski definition) is 2. The minimum Gasteiger partial charge on any atom is -0.494 e. The summed E-state index contributed by atoms with van der Waals surface area (Å²) in [4.78, 5) is 2.42. The summed E-state index contributed by atoms with van der Waals surface area (Å²) in [6, 6.07) is 6.13. The largest absolute Gasteiger partial charge is 0.494 e. The van der Waals surface area contributed by atoms with Gasteiger partial charge >= 0.3 is 0 Å². The summed E-state index contributed by atoms with van der Waals surface area (Å²) < 4.78 is 5.76. The molecule has 1 aromatic rings. The molecule has 2 rings (SSSR count). The fourth-order valence-corrected chi connectivity index (χ4v) is 3.03. The normalized spacial score (nSPS) is 18.0. The van der Waals surface area contributed by atoms with Crippen LogP contribution >= 0.6 is 0 Å². The molecule has 1 aliphatic rings. The van der Waals surface area contributed by atoms with E-state index in [1.807, 2.05) is 19.1 Å². The Morgan fingerprint density at radius 3 is 2.57 bits per heavy atom. The maximum Gasteiger partial charge on any atom is 0.123 e. The van der Waals surface area contributed by atoms with E-state index in [4.69, 9.17) is 4.74 Å². The third-order valence-electron chi connectivity index (χ3n) is 4.42. The molecule has 0 aliphatic carbocycles. The number of hydrogen-bond acceptors (Lipinski definition) is 4. The highest BCUT2D eigenvalue weighted by Crippen LogP contribution is 2.34. The van der Waals surface area contributed by atoms with Crippen LogP contribution < -0.4 is 10.1 Å². The number of nitrogens with one attached hydrogen (secondary N) is 1. The molecule has 23 heavy (non-hydrogen) atoms. The van der Waals surface area contributed by atoms with Gasteiger partial charge in [0.25, 0.3) is 0 Å². The third-order valence-corrected chi connectivity index (χ3v) is 4.42. The van der Waals surface area contributed by atoms with Crippen molar-refractivity contribution in [3.63, 3.8) is 0 Å². The van der Waals surface area contributed by atoms with Gasteiger partial charge in [-0.15, -0.1) is 0 Å². The quantitative estimate of drug-likeness (QED) is 0.846. The van der Waals surface area contributed by atoms with Crippen LogP contribution in [0.25, 0.3) is 0 Å². The predicted octanol–water partition coefficient (Wildman–Crippen LogP) is 2.71. The Labute approximate surface area is 140 Å². The summed E-state index contributed by atoms with van der Waals surface area (Å²) in [6.45, 7) is 14.4. The molecule has 1 saturated heterocycles. The van der Waals surface area contributed by atoms with E-state index in [1.54, 1.807) is 0 Å². The summed E-state index contributed by atoms with van der Waals surface area (Å²) >= 11 is 0. The van der Waals surface area contributed by atoms with E-state index in [9.17, 15) is 5.11 Å². The van der Waals surface area contributed by atoms with E-state index in [0.717, 1.165) is 56.0 Å². The topological polar surface area (TPSA) is 44.7 Å². The van der Waals surface area contributed by atoms with E-state index in [0.29, 0.717) is 6.61 Å². The van der Waals surface area contributed by atoms with Crippen LogP contribution in [0.4, 0.5) is 0 Å². The highest BCUT2D eigenvalue weighted by Gasteiger charge is 2.21. The van der Waals surface area contributed by atoms with Crippen molar-refractivity contribution in [2.45, 2.75) is 45.6 Å². The molecule has 1 aliphatic heterocycles. The number of nitrogens with zero attached hydrogens (tertiary/aromatic N) is 1. The lowest BCUT2D eigenvalue weighted by Gasteiger charge is -2.28. The number of piperazine rings is 1. The molecular weight excluding hydrogens is 288 g/mol. The predicted molar refractivity (Wildman–Crippen MR) is 95.2 cm³/mol. The van der Waals surface area contributed by atoms with Gasteiger partial charge in [-0.1, -0.05) is 26.8 Å². The van der Waals surface area contributed by atoms with E-state index >= 15 is 0 Å². The minimum absolute atomic E-state index is 0.00122. The standard InChI is InChI=1S/C19H32N2O2/c1-5-23-18-7-6-15(14-16(18)19(2,3)4)17(22)8-11-21-12-9-20-10-13-21/h6-7,14,17,20,22H,5,8-13H2,1-4H3. The summed E-state index contributed by atoms with van der Waals surface area (Å²) in [5.41, 5.74) is 2.16. The smallest absolute Gasteiger partial charge is 0.123 e. The molecule has 1 heterocycles. The fourth-order valence-electron chi connectivity index (χ4n) is 3.03. The lowest BCUT2D eigenvalue weighted by atomic mass is 9.84. The monoisotopic (exact) mass is 320 g/mol. The first kappa shape index (κ1) is 18.2. The summed E-state index contributed by atoms with van der Waals surface area (Å²) in [5.74, 6) is 0.929. The molecule has 4 nitrogen and oxygen atoms in total. The number of ether oxygens (including phenoxy) is 1. The molecule has 0 aromatic heterocycles. The van der Waals surface area contributed by atoms with Crippen molar-refractivity contribution in [2.24, 2.45) is 0 Å². The van der Waals surface area contributed by atoms with E-state index in [-0.39, 0.29) is 5.41 Å². The summed E-state index contributed by atoms with van der Waals surface area (Å²) in [6.07, 6.45) is 0.360. The molecule has 1 aromatic carbocycles. The van der Waals surface area contributed by atoms with Crippen molar-refractivity contribution >= 4 is 0 Å². The van der Waals surface area contributed by atoms with Crippen LogP contribution in [0.5, 0.6) is 5.75 Å². The van der Waals surface area contributed by atoms with Crippen LogP contribution in [0.2, 0.25) is 0 Å². The van der Waals surface area contributed by atoms with E-state index in [2.05, 4.69) is 37.1 Å². The van der Waals surface area contributed by atoms with Gasteiger partial charge in [0.1, 0.15) is 5.75 Å². The Hall–Kier alpha value is -1.10. The summed E-state index contributed by atoms with van der Waals surface area (Å²) in [7, 11) is 0. The van der Waals surface area contributed by atoms with Gasteiger partial charge in [0.15, 0.2) is 0 Å². The molecule has 0 saturated carbocycles. The molecule has 1 fully saturated rings. The number of benzene rings is 1. The first-order valence-corrected chi connectivity index (χ1v) is 8.80. The Morgan fingerprint density at radius 2 is 1.96 bits per heavy atom. The minimum atomic E-state index is -0.415. The fraction of sp³-hybridized carbons (Fsp3) is 0.684. The lowest BCUT2D eigenvalue weighted by molar-refractivity contribution is 0.136. The van der Waals surface area contributed by atoms with Gasteiger partial charge in [0, 0.05) is 32.7 Å². The van der Waals surface area contributed by atoms with Crippen LogP contribution in [0.15, 0.2) is 18.2 Å². The SMILES string of the molecule is CCOc1ccc(C(O)CCN2CCNCC2)cc1C(C)(C)C. The molecule has 2 N–H and O–H groups in total. The average Bonchev–Trinajstić information content (AvgIpc) is 2.53. The van der Waals surface area contributed by atoms with Gasteiger partial charge in [-0.2, -0.15) is 0 Å². The van der Waals surface area contributed by atoms with Crippen molar-refractivity contribution in [1.29, 1.82) is 0 Å². The van der Waals surface area contributed by atoms with Gasteiger partial charge in [-0.25, -0.2) is 0 Å². The third kappa shape index (κ3) is 5.20. The maximum absolute atomic E-state index is 10.6. The number of aliphatic hydroxyl groups excluding tert-OH is 1. The molecule has 0 amide bonds. The van der Waals surface area contributed by atoms with Gasteiger partial charge in [-0.05, 0) is 42.0 Å². The van der Waals surface area contributed by atoms with Crippen molar-refractivity contribution in [3.8, 4) is 5.75 Å². The second-order valence-corrected chi connectivity index (χ2v) is 7.33. The molecule has 130 valence electrons. The molecule has 0 spiro atoms. The first-order valence-electron chi connectivity index (χ1n) is 8.80. The first-order chi connectivity index (χ1) is 10.9. The van der Waals surface area contributed by atoms with Crippen molar-refractivity contribution in [3.05, 3.63) is 29.3 Å². The zero-order chi connectivity index (χ0) is 16.9. The van der Waals surface area contributed by atoms with Crippen LogP contribution in [-0.2, 0) is 5.41 Å². The second kappa shape index (κ2) is 8.13. The number of aliphatic hydroxyl groups is 1. The van der Waals surface area contributed by atoms with Crippen molar-refractivity contribution in [2.75, 3.05) is 39.3 Å². The van der Waals surface area contributed by atoms with Crippen LogP contribution in [-0.4, -0.2) is 49.3 Å². The van der Waals surface area contributed by atoms with Crippen LogP contribution in [0.1, 0.15) is 51.3 Å². The zero-order valence-electron chi connectivity index (χ0n) is 15.1. The van der Waals surface area contributed by atoms with E-state index in [1.165, 1.54) is 0 Å². The van der Waals surface area contributed by atoms with Gasteiger partial charge in [0.2, 0.25) is 0 Å². The van der Waals surface area contributed by atoms with Crippen molar-refractivity contribution in [1.82, 2.24) is 10.2 Å². The Morgan fingerprint density at radius 1 is 1.26 bits per heavy atom. The summed E-state index contributed by atoms with van der Waals surface area (Å²) in [5, 5.41) is 13.9. The van der Waals surface area contributed by atoms with Crippen LogP contribution in [0, 0.1) is 0 Å². The van der Waals surface area contributed by atoms with Crippen LogP contribution in [0.3, 0.4) is 0 Å². The molecule has 4 heteroatoms. The highest BCUT2D eigenvalue weighted by molar-refractivity contribution is 5.42. The Bertz CT molecular complexity index is 491. The highest BCUT2D eigenvalue weighted by atomic mass is 16.5. The Kier molecular flexibility index (Phi) is 6.45. The molecule has 1 unspecified atom stereocenters. The molecule has 1 atom stereocenters. The van der Waals surface area contributed by atoms with Gasteiger partial charge in [0.05, 0.1) is 12.7 Å². The zero-order valence-corrected chi connectivity index (χ0v) is 15.1. The van der Waals surface area contributed by atoms with Crippen molar-refractivity contribution < 1.29 is 9.84 Å². The lowest BCUT2D eigenvalue weighted by Crippen LogP contribution is -2.44.